The Morgan fingerprint density at radius 3 is 2.19 bits per heavy atom. The Balaban J connectivity index is 2.41. The lowest BCUT2D eigenvalue weighted by molar-refractivity contribution is 0.102. The molecule has 0 spiro atoms. The van der Waals surface area contributed by atoms with Crippen LogP contribution in [0.1, 0.15) is 10.4 Å². The highest BCUT2D eigenvalue weighted by atomic mass is 19.2. The summed E-state index contributed by atoms with van der Waals surface area (Å²) in [5.41, 5.74) is -1.23. The number of carbonyl (C=O) groups excluding carboxylic acids is 1. The van der Waals surface area contributed by atoms with Crippen molar-refractivity contribution in [2.45, 2.75) is 0 Å². The van der Waals surface area contributed by atoms with E-state index in [0.29, 0.717) is 0 Å². The van der Waals surface area contributed by atoms with Gasteiger partial charge < -0.3 is 10.1 Å². The highest BCUT2D eigenvalue weighted by Crippen LogP contribution is 2.26. The molecule has 0 aliphatic heterocycles. The first kappa shape index (κ1) is 14.8. The maximum Gasteiger partial charge on any atom is 0.259 e. The predicted octanol–water partition coefficient (Wildman–Crippen LogP) is 3.50. The van der Waals surface area contributed by atoms with E-state index >= 15 is 0 Å². The summed E-state index contributed by atoms with van der Waals surface area (Å²) in [7, 11) is 1.30. The second-order valence-electron chi connectivity index (χ2n) is 4.00. The van der Waals surface area contributed by atoms with E-state index in [-0.39, 0.29) is 17.4 Å². The quantitative estimate of drug-likeness (QED) is 0.696. The van der Waals surface area contributed by atoms with Gasteiger partial charge in [-0.25, -0.2) is 17.6 Å². The summed E-state index contributed by atoms with van der Waals surface area (Å²) >= 11 is 0. The van der Waals surface area contributed by atoms with Gasteiger partial charge in [0.25, 0.3) is 5.91 Å². The Hall–Kier alpha value is -2.57. The van der Waals surface area contributed by atoms with E-state index in [2.05, 4.69) is 0 Å². The number of nitrogens with one attached hydrogen (secondary N) is 1. The number of carbonyl (C=O) groups is 1. The number of halogens is 4. The lowest BCUT2D eigenvalue weighted by atomic mass is 10.1. The van der Waals surface area contributed by atoms with E-state index < -0.39 is 34.9 Å². The molecule has 21 heavy (non-hydrogen) atoms. The van der Waals surface area contributed by atoms with Crippen LogP contribution in [0.25, 0.3) is 0 Å². The number of methoxy groups -OCH3 is 1. The van der Waals surface area contributed by atoms with Crippen LogP contribution in [-0.2, 0) is 0 Å². The Labute approximate surface area is 117 Å². The van der Waals surface area contributed by atoms with Gasteiger partial charge >= 0.3 is 0 Å². The van der Waals surface area contributed by atoms with Crippen LogP contribution in [0.2, 0.25) is 0 Å². The molecule has 2 rings (SSSR count). The summed E-state index contributed by atoms with van der Waals surface area (Å²) in [6.45, 7) is 0. The van der Waals surface area contributed by atoms with Crippen LogP contribution in [-0.4, -0.2) is 13.0 Å². The molecule has 110 valence electrons. The van der Waals surface area contributed by atoms with E-state index in [1.54, 1.807) is 11.4 Å². The third-order valence-electron chi connectivity index (χ3n) is 2.70. The van der Waals surface area contributed by atoms with Gasteiger partial charge in [-0.2, -0.15) is 0 Å². The molecule has 0 aliphatic carbocycles. The Morgan fingerprint density at radius 2 is 1.62 bits per heavy atom. The topological polar surface area (TPSA) is 38.3 Å². The molecule has 1 N–H and O–H groups in total. The molecule has 0 radical (unpaired) electrons. The molecule has 2 aromatic rings. The second kappa shape index (κ2) is 5.82. The zero-order valence-electron chi connectivity index (χ0n) is 10.7. The number of amides is 1. The zero-order valence-corrected chi connectivity index (χ0v) is 10.7. The van der Waals surface area contributed by atoms with Gasteiger partial charge in [0.2, 0.25) is 0 Å². The Morgan fingerprint density at radius 1 is 1.05 bits per heavy atom. The van der Waals surface area contributed by atoms with Gasteiger partial charge in [0.15, 0.2) is 23.3 Å². The molecular formula is C14H9F4NO2. The molecule has 3 nitrogen and oxygen atoms in total. The lowest BCUT2D eigenvalue weighted by Gasteiger charge is -2.11. The molecular weight excluding hydrogens is 290 g/mol. The van der Waals surface area contributed by atoms with Crippen LogP contribution in [0.3, 0.4) is 0 Å². The number of para-hydroxylation sites is 1. The minimum absolute atomic E-state index is 0.0385. The highest BCUT2D eigenvalue weighted by molar-refractivity contribution is 6.06. The largest absolute Gasteiger partial charge is 0.496 e. The SMILES string of the molecule is COc1ccccc1C(=O)Nc1c(F)c(F)cc(F)c1F. The average Bonchev–Trinajstić information content (AvgIpc) is 2.49. The predicted molar refractivity (Wildman–Crippen MR) is 67.2 cm³/mol. The van der Waals surface area contributed by atoms with Gasteiger partial charge in [-0.1, -0.05) is 12.1 Å². The van der Waals surface area contributed by atoms with Crippen molar-refractivity contribution in [1.82, 2.24) is 0 Å². The number of anilines is 1. The van der Waals surface area contributed by atoms with Crippen LogP contribution >= 0.6 is 0 Å². The molecule has 0 fully saturated rings. The fraction of sp³-hybridized carbons (Fsp3) is 0.0714. The van der Waals surface area contributed by atoms with Crippen molar-refractivity contribution in [3.8, 4) is 5.75 Å². The van der Waals surface area contributed by atoms with Crippen LogP contribution in [0.5, 0.6) is 5.75 Å². The molecule has 0 heterocycles. The highest BCUT2D eigenvalue weighted by Gasteiger charge is 2.22. The summed E-state index contributed by atoms with van der Waals surface area (Å²) in [6.07, 6.45) is 0. The van der Waals surface area contributed by atoms with Gasteiger partial charge in [-0.15, -0.1) is 0 Å². The average molecular weight is 299 g/mol. The molecule has 0 bridgehead atoms. The monoisotopic (exact) mass is 299 g/mol. The summed E-state index contributed by atoms with van der Waals surface area (Å²) in [5, 5.41) is 1.80. The fourth-order valence-corrected chi connectivity index (χ4v) is 1.70. The first-order valence-corrected chi connectivity index (χ1v) is 5.73. The smallest absolute Gasteiger partial charge is 0.259 e. The fourth-order valence-electron chi connectivity index (χ4n) is 1.70. The van der Waals surface area contributed by atoms with E-state index in [1.807, 2.05) is 0 Å². The Bertz CT molecular complexity index is 677. The van der Waals surface area contributed by atoms with Crippen molar-refractivity contribution in [3.63, 3.8) is 0 Å². The van der Waals surface area contributed by atoms with Gasteiger partial charge in [0, 0.05) is 6.07 Å². The second-order valence-corrected chi connectivity index (χ2v) is 4.00. The van der Waals surface area contributed by atoms with Crippen molar-refractivity contribution in [2.75, 3.05) is 12.4 Å². The minimum Gasteiger partial charge on any atom is -0.496 e. The summed E-state index contributed by atoms with van der Waals surface area (Å²) in [5.74, 6) is -7.40. The van der Waals surface area contributed by atoms with Crippen LogP contribution in [0, 0.1) is 23.3 Å². The van der Waals surface area contributed by atoms with Crippen LogP contribution in [0.4, 0.5) is 23.2 Å². The van der Waals surface area contributed by atoms with Crippen LogP contribution < -0.4 is 10.1 Å². The summed E-state index contributed by atoms with van der Waals surface area (Å²) < 4.78 is 58.0. The third kappa shape index (κ3) is 2.81. The van der Waals surface area contributed by atoms with Gasteiger partial charge in [-0.05, 0) is 12.1 Å². The standard InChI is InChI=1S/C14H9F4NO2/c1-21-10-5-3-2-4-7(10)14(20)19-13-11(17)8(15)6-9(16)12(13)18/h2-6H,1H3,(H,19,20). The van der Waals surface area contributed by atoms with Crippen molar-refractivity contribution >= 4 is 11.6 Å². The molecule has 7 heteroatoms. The van der Waals surface area contributed by atoms with Crippen molar-refractivity contribution in [3.05, 3.63) is 59.2 Å². The zero-order chi connectivity index (χ0) is 15.6. The van der Waals surface area contributed by atoms with Gasteiger partial charge in [0.05, 0.1) is 12.7 Å². The molecule has 1 amide bonds. The van der Waals surface area contributed by atoms with Crippen LogP contribution in [0.15, 0.2) is 30.3 Å². The maximum absolute atomic E-state index is 13.5. The van der Waals surface area contributed by atoms with E-state index in [4.69, 9.17) is 4.74 Å². The van der Waals surface area contributed by atoms with Gasteiger partial charge in [-0.3, -0.25) is 4.79 Å². The van der Waals surface area contributed by atoms with E-state index in [1.165, 1.54) is 25.3 Å². The number of benzene rings is 2. The molecule has 0 saturated heterocycles. The van der Waals surface area contributed by atoms with Crippen molar-refractivity contribution in [1.29, 1.82) is 0 Å². The number of rotatable bonds is 3. The number of hydrogen-bond acceptors (Lipinski definition) is 2. The normalized spacial score (nSPS) is 10.3. The molecule has 0 aliphatic rings. The number of ether oxygens (including phenoxy) is 1. The van der Waals surface area contributed by atoms with Crippen molar-refractivity contribution < 1.29 is 27.1 Å². The molecule has 0 saturated carbocycles. The van der Waals surface area contributed by atoms with E-state index in [9.17, 15) is 22.4 Å². The molecule has 0 unspecified atom stereocenters. The molecule has 0 atom stereocenters. The van der Waals surface area contributed by atoms with E-state index in [0.717, 1.165) is 0 Å². The lowest BCUT2D eigenvalue weighted by Crippen LogP contribution is -2.16. The third-order valence-corrected chi connectivity index (χ3v) is 2.70. The molecule has 0 aromatic heterocycles. The first-order chi connectivity index (χ1) is 9.95. The Kier molecular flexibility index (Phi) is 4.11. The first-order valence-electron chi connectivity index (χ1n) is 5.73. The minimum atomic E-state index is -1.68. The number of hydrogen-bond donors (Lipinski definition) is 1. The maximum atomic E-state index is 13.5. The van der Waals surface area contributed by atoms with Crippen molar-refractivity contribution in [2.24, 2.45) is 0 Å². The van der Waals surface area contributed by atoms with Gasteiger partial charge in [0.1, 0.15) is 11.4 Å². The summed E-state index contributed by atoms with van der Waals surface area (Å²) in [6, 6.07) is 5.92. The summed E-state index contributed by atoms with van der Waals surface area (Å²) in [4.78, 5) is 12.0. The molecule has 2 aromatic carbocycles.